The van der Waals surface area contributed by atoms with Crippen molar-refractivity contribution in [2.75, 3.05) is 0 Å². The molecule has 0 heterocycles. The summed E-state index contributed by atoms with van der Waals surface area (Å²) in [6.07, 6.45) is 1.01. The van der Waals surface area contributed by atoms with Gasteiger partial charge in [-0.2, -0.15) is 0 Å². The summed E-state index contributed by atoms with van der Waals surface area (Å²) >= 11 is 0. The van der Waals surface area contributed by atoms with Crippen LogP contribution in [0.1, 0.15) is 13.8 Å². The van der Waals surface area contributed by atoms with Gasteiger partial charge in [-0.05, 0) is 13.8 Å². The highest BCUT2D eigenvalue weighted by Gasteiger charge is 2.06. The van der Waals surface area contributed by atoms with Crippen LogP contribution in [0.2, 0.25) is 0 Å². The standard InChI is InChI=1S/C8H11NO3/c1-4-7(10)12-6(3)5(2)8(9)11/h4H,1H2,2-3H3,(H2,9,11)/b6-5-. The third-order valence-electron chi connectivity index (χ3n) is 1.32. The number of ether oxygens (including phenoxy) is 1. The molecule has 0 aliphatic heterocycles. The molecule has 0 aliphatic carbocycles. The lowest BCUT2D eigenvalue weighted by molar-refractivity contribution is -0.133. The quantitative estimate of drug-likeness (QED) is 0.380. The molecule has 4 heteroatoms. The third-order valence-corrected chi connectivity index (χ3v) is 1.32. The number of hydrogen-bond acceptors (Lipinski definition) is 3. The van der Waals surface area contributed by atoms with E-state index in [4.69, 9.17) is 5.73 Å². The van der Waals surface area contributed by atoms with Gasteiger partial charge in [-0.3, -0.25) is 4.79 Å². The van der Waals surface area contributed by atoms with Gasteiger partial charge >= 0.3 is 5.97 Å². The third kappa shape index (κ3) is 3.01. The van der Waals surface area contributed by atoms with E-state index in [2.05, 4.69) is 11.3 Å². The predicted octanol–water partition coefficient (Wildman–Crippen LogP) is 0.495. The van der Waals surface area contributed by atoms with Crippen LogP contribution in [0.25, 0.3) is 0 Å². The molecule has 0 spiro atoms. The van der Waals surface area contributed by atoms with Crippen molar-refractivity contribution in [3.05, 3.63) is 24.0 Å². The topological polar surface area (TPSA) is 69.4 Å². The van der Waals surface area contributed by atoms with E-state index in [9.17, 15) is 9.59 Å². The number of carbonyl (C=O) groups is 2. The molecular formula is C8H11NO3. The number of hydrogen-bond donors (Lipinski definition) is 1. The van der Waals surface area contributed by atoms with E-state index in [-0.39, 0.29) is 11.3 Å². The minimum absolute atomic E-state index is 0.201. The van der Waals surface area contributed by atoms with Gasteiger partial charge in [-0.25, -0.2) is 4.79 Å². The van der Waals surface area contributed by atoms with Crippen LogP contribution in [-0.2, 0) is 14.3 Å². The molecule has 12 heavy (non-hydrogen) atoms. The number of amides is 1. The summed E-state index contributed by atoms with van der Waals surface area (Å²) in [5.41, 5.74) is 5.17. The number of primary amides is 1. The molecule has 0 saturated heterocycles. The maximum atomic E-state index is 10.6. The van der Waals surface area contributed by atoms with E-state index in [1.165, 1.54) is 13.8 Å². The highest BCUT2D eigenvalue weighted by atomic mass is 16.5. The molecule has 0 aromatic carbocycles. The Bertz CT molecular complexity index is 253. The average molecular weight is 169 g/mol. The van der Waals surface area contributed by atoms with Crippen LogP contribution in [-0.4, -0.2) is 11.9 Å². The Kier molecular flexibility index (Phi) is 3.76. The van der Waals surface area contributed by atoms with Gasteiger partial charge < -0.3 is 10.5 Å². The molecule has 0 rings (SSSR count). The number of rotatable bonds is 3. The van der Waals surface area contributed by atoms with Crippen molar-refractivity contribution in [2.45, 2.75) is 13.8 Å². The number of nitrogens with two attached hydrogens (primary N) is 1. The highest BCUT2D eigenvalue weighted by molar-refractivity contribution is 5.92. The summed E-state index contributed by atoms with van der Waals surface area (Å²) in [7, 11) is 0. The second kappa shape index (κ2) is 4.33. The van der Waals surface area contributed by atoms with Crippen LogP contribution in [0.4, 0.5) is 0 Å². The molecule has 0 saturated carbocycles. The fourth-order valence-corrected chi connectivity index (χ4v) is 0.443. The normalized spacial score (nSPS) is 11.5. The van der Waals surface area contributed by atoms with Crippen LogP contribution < -0.4 is 5.73 Å². The van der Waals surface area contributed by atoms with E-state index in [1.54, 1.807) is 0 Å². The van der Waals surface area contributed by atoms with Crippen molar-refractivity contribution in [2.24, 2.45) is 5.73 Å². The van der Waals surface area contributed by atoms with Crippen LogP contribution >= 0.6 is 0 Å². The van der Waals surface area contributed by atoms with E-state index in [0.29, 0.717) is 0 Å². The van der Waals surface area contributed by atoms with E-state index in [0.717, 1.165) is 6.08 Å². The number of carbonyl (C=O) groups excluding carboxylic acids is 2. The van der Waals surface area contributed by atoms with Crippen molar-refractivity contribution in [3.63, 3.8) is 0 Å². The SMILES string of the molecule is C=CC(=O)O/C(C)=C(/C)C(N)=O. The molecule has 0 aliphatic rings. The maximum absolute atomic E-state index is 10.6. The Hall–Kier alpha value is -1.58. The number of allylic oxidation sites excluding steroid dienone is 1. The lowest BCUT2D eigenvalue weighted by Crippen LogP contribution is -2.14. The van der Waals surface area contributed by atoms with Gasteiger partial charge in [0, 0.05) is 6.08 Å². The van der Waals surface area contributed by atoms with Crippen molar-refractivity contribution in [1.29, 1.82) is 0 Å². The van der Waals surface area contributed by atoms with E-state index < -0.39 is 11.9 Å². The fourth-order valence-electron chi connectivity index (χ4n) is 0.443. The van der Waals surface area contributed by atoms with Crippen LogP contribution in [0, 0.1) is 0 Å². The molecule has 0 unspecified atom stereocenters. The Labute approximate surface area is 70.7 Å². The smallest absolute Gasteiger partial charge is 0.335 e. The highest BCUT2D eigenvalue weighted by Crippen LogP contribution is 2.04. The van der Waals surface area contributed by atoms with Gasteiger partial charge in [-0.1, -0.05) is 6.58 Å². The van der Waals surface area contributed by atoms with Gasteiger partial charge in [-0.15, -0.1) is 0 Å². The Morgan fingerprint density at radius 2 is 1.92 bits per heavy atom. The minimum Gasteiger partial charge on any atom is -0.428 e. The first kappa shape index (κ1) is 10.4. The molecule has 0 bridgehead atoms. The van der Waals surface area contributed by atoms with Crippen molar-refractivity contribution in [1.82, 2.24) is 0 Å². The molecule has 0 atom stereocenters. The summed E-state index contributed by atoms with van der Waals surface area (Å²) in [5.74, 6) is -1.01. The van der Waals surface area contributed by atoms with Gasteiger partial charge in [0.15, 0.2) is 0 Å². The molecule has 0 aromatic heterocycles. The summed E-state index contributed by atoms with van der Waals surface area (Å²) < 4.78 is 4.64. The predicted molar refractivity (Wildman–Crippen MR) is 43.9 cm³/mol. The van der Waals surface area contributed by atoms with Gasteiger partial charge in [0.05, 0.1) is 5.57 Å². The average Bonchev–Trinajstić information content (AvgIpc) is 2.02. The second-order valence-electron chi connectivity index (χ2n) is 2.17. The largest absolute Gasteiger partial charge is 0.428 e. The number of esters is 1. The molecule has 0 fully saturated rings. The Balaban J connectivity index is 4.47. The summed E-state index contributed by atoms with van der Waals surface area (Å²) in [4.78, 5) is 21.2. The van der Waals surface area contributed by atoms with Crippen LogP contribution in [0.15, 0.2) is 24.0 Å². The Morgan fingerprint density at radius 1 is 1.42 bits per heavy atom. The molecule has 0 aromatic rings. The van der Waals surface area contributed by atoms with Crippen molar-refractivity contribution >= 4 is 11.9 Å². The first-order valence-electron chi connectivity index (χ1n) is 3.30. The van der Waals surface area contributed by atoms with Gasteiger partial charge in [0.25, 0.3) is 0 Å². The lowest BCUT2D eigenvalue weighted by atomic mass is 10.2. The molecule has 2 N–H and O–H groups in total. The summed E-state index contributed by atoms with van der Waals surface area (Å²) in [6, 6.07) is 0. The molecule has 0 radical (unpaired) electrons. The van der Waals surface area contributed by atoms with Gasteiger partial charge in [0.1, 0.15) is 5.76 Å². The minimum atomic E-state index is -0.607. The molecule has 66 valence electrons. The Morgan fingerprint density at radius 3 is 2.25 bits per heavy atom. The van der Waals surface area contributed by atoms with Crippen LogP contribution in [0.3, 0.4) is 0 Å². The van der Waals surface area contributed by atoms with Crippen LogP contribution in [0.5, 0.6) is 0 Å². The van der Waals surface area contributed by atoms with Crippen molar-refractivity contribution < 1.29 is 14.3 Å². The van der Waals surface area contributed by atoms with E-state index >= 15 is 0 Å². The second-order valence-corrected chi connectivity index (χ2v) is 2.17. The maximum Gasteiger partial charge on any atom is 0.335 e. The molecule has 1 amide bonds. The van der Waals surface area contributed by atoms with Gasteiger partial charge in [0.2, 0.25) is 5.91 Å². The zero-order chi connectivity index (χ0) is 9.72. The van der Waals surface area contributed by atoms with E-state index in [1.807, 2.05) is 0 Å². The first-order chi connectivity index (χ1) is 5.49. The first-order valence-corrected chi connectivity index (χ1v) is 3.30. The molecular weight excluding hydrogens is 158 g/mol. The lowest BCUT2D eigenvalue weighted by Gasteiger charge is -2.03. The summed E-state index contributed by atoms with van der Waals surface area (Å²) in [6.45, 7) is 6.17. The zero-order valence-corrected chi connectivity index (χ0v) is 7.09. The van der Waals surface area contributed by atoms with Crippen molar-refractivity contribution in [3.8, 4) is 0 Å². The zero-order valence-electron chi connectivity index (χ0n) is 7.09. The monoisotopic (exact) mass is 169 g/mol. The summed E-state index contributed by atoms with van der Waals surface area (Å²) in [5, 5.41) is 0. The molecule has 4 nitrogen and oxygen atoms in total. The fraction of sp³-hybridized carbons (Fsp3) is 0.250.